The van der Waals surface area contributed by atoms with Crippen LogP contribution in [0.25, 0.3) is 10.9 Å². The van der Waals surface area contributed by atoms with Crippen LogP contribution in [0.1, 0.15) is 30.5 Å². The zero-order valence-electron chi connectivity index (χ0n) is 11.4. The third-order valence-corrected chi connectivity index (χ3v) is 3.15. The van der Waals surface area contributed by atoms with Crippen LogP contribution in [0.15, 0.2) is 30.3 Å². The van der Waals surface area contributed by atoms with Crippen molar-refractivity contribution in [1.82, 2.24) is 10.3 Å². The number of terminal acetylenes is 1. The van der Waals surface area contributed by atoms with Gasteiger partial charge in [-0.2, -0.15) is 0 Å². The molecule has 0 fully saturated rings. The molecule has 0 saturated heterocycles. The Bertz CT molecular complexity index is 581. The zero-order valence-corrected chi connectivity index (χ0v) is 11.4. The number of hydrogen-bond donors (Lipinski definition) is 1. The molecule has 0 radical (unpaired) electrons. The topological polar surface area (TPSA) is 24.9 Å². The number of fused-ring (bicyclic) bond motifs is 1. The summed E-state index contributed by atoms with van der Waals surface area (Å²) in [5, 5.41) is 4.65. The van der Waals surface area contributed by atoms with Crippen LogP contribution in [0.2, 0.25) is 0 Å². The fourth-order valence-corrected chi connectivity index (χ4v) is 2.10. The van der Waals surface area contributed by atoms with Gasteiger partial charge in [0.05, 0.1) is 5.52 Å². The van der Waals surface area contributed by atoms with Gasteiger partial charge in [0.15, 0.2) is 0 Å². The highest BCUT2D eigenvalue weighted by atomic mass is 14.8. The van der Waals surface area contributed by atoms with Crippen molar-refractivity contribution in [1.29, 1.82) is 0 Å². The third kappa shape index (κ3) is 4.08. The highest BCUT2D eigenvalue weighted by Crippen LogP contribution is 2.14. The van der Waals surface area contributed by atoms with E-state index in [9.17, 15) is 0 Å². The number of unbranched alkanes of at least 4 members (excludes halogenated alkanes) is 2. The van der Waals surface area contributed by atoms with Gasteiger partial charge in [0, 0.05) is 24.0 Å². The van der Waals surface area contributed by atoms with Gasteiger partial charge in [0.2, 0.25) is 0 Å². The van der Waals surface area contributed by atoms with E-state index >= 15 is 0 Å². The molecular formula is C17H20N2. The van der Waals surface area contributed by atoms with Crippen molar-refractivity contribution in [3.63, 3.8) is 0 Å². The second-order valence-corrected chi connectivity index (χ2v) is 4.82. The summed E-state index contributed by atoms with van der Waals surface area (Å²) >= 11 is 0. The molecule has 1 aromatic heterocycles. The van der Waals surface area contributed by atoms with Gasteiger partial charge in [-0.05, 0) is 50.1 Å². The lowest BCUT2D eigenvalue weighted by Crippen LogP contribution is -2.14. The second-order valence-electron chi connectivity index (χ2n) is 4.82. The Morgan fingerprint density at radius 3 is 2.95 bits per heavy atom. The van der Waals surface area contributed by atoms with E-state index in [1.54, 1.807) is 0 Å². The number of nitrogens with zero attached hydrogens (tertiary/aromatic N) is 1. The molecule has 0 aliphatic rings. The molecule has 1 aromatic carbocycles. The molecule has 2 aromatic rings. The molecule has 98 valence electrons. The molecule has 0 bridgehead atoms. The summed E-state index contributed by atoms with van der Waals surface area (Å²) in [6.07, 6.45) is 8.34. The summed E-state index contributed by atoms with van der Waals surface area (Å²) in [5.74, 6) is 2.67. The smallest absolute Gasteiger partial charge is 0.0705 e. The molecule has 0 spiro atoms. The van der Waals surface area contributed by atoms with E-state index in [0.29, 0.717) is 0 Å². The number of benzene rings is 1. The second kappa shape index (κ2) is 6.92. The summed E-state index contributed by atoms with van der Waals surface area (Å²) in [6, 6.07) is 10.6. The lowest BCUT2D eigenvalue weighted by Gasteiger charge is -2.06. The monoisotopic (exact) mass is 252 g/mol. The van der Waals surface area contributed by atoms with Gasteiger partial charge in [0.25, 0.3) is 0 Å². The minimum atomic E-state index is 0.878. The van der Waals surface area contributed by atoms with Crippen molar-refractivity contribution in [2.75, 3.05) is 6.54 Å². The Balaban J connectivity index is 1.88. The lowest BCUT2D eigenvalue weighted by molar-refractivity contribution is 0.630. The average Bonchev–Trinajstić information content (AvgIpc) is 2.43. The van der Waals surface area contributed by atoms with E-state index in [0.717, 1.165) is 43.6 Å². The van der Waals surface area contributed by atoms with Gasteiger partial charge in [-0.15, -0.1) is 12.3 Å². The fraction of sp³-hybridized carbons (Fsp3) is 0.353. The summed E-state index contributed by atoms with van der Waals surface area (Å²) < 4.78 is 0. The van der Waals surface area contributed by atoms with Crippen LogP contribution < -0.4 is 5.32 Å². The molecular weight excluding hydrogens is 232 g/mol. The van der Waals surface area contributed by atoms with Gasteiger partial charge in [-0.25, -0.2) is 0 Å². The molecule has 2 heteroatoms. The molecule has 1 N–H and O–H groups in total. The minimum absolute atomic E-state index is 0.878. The number of aromatic nitrogens is 1. The Morgan fingerprint density at radius 2 is 2.11 bits per heavy atom. The van der Waals surface area contributed by atoms with Crippen LogP contribution in [0, 0.1) is 19.3 Å². The first-order valence-electron chi connectivity index (χ1n) is 6.80. The van der Waals surface area contributed by atoms with Crippen LogP contribution >= 0.6 is 0 Å². The molecule has 0 unspecified atom stereocenters. The van der Waals surface area contributed by atoms with E-state index in [1.165, 1.54) is 10.9 Å². The van der Waals surface area contributed by atoms with Crippen molar-refractivity contribution in [2.45, 2.75) is 32.7 Å². The van der Waals surface area contributed by atoms with Crippen molar-refractivity contribution in [2.24, 2.45) is 0 Å². The zero-order chi connectivity index (χ0) is 13.5. The maximum absolute atomic E-state index is 5.22. The molecule has 19 heavy (non-hydrogen) atoms. The SMILES string of the molecule is C#CCCCCNCc1ccc2nc(C)ccc2c1. The molecule has 0 atom stereocenters. The van der Waals surface area contributed by atoms with Gasteiger partial charge < -0.3 is 5.32 Å². The number of nitrogens with one attached hydrogen (secondary N) is 1. The molecule has 2 nitrogen and oxygen atoms in total. The van der Waals surface area contributed by atoms with E-state index in [1.807, 2.05) is 6.92 Å². The summed E-state index contributed by atoms with van der Waals surface area (Å²) in [5.41, 5.74) is 3.43. The highest BCUT2D eigenvalue weighted by molar-refractivity contribution is 5.79. The first kappa shape index (κ1) is 13.6. The first-order chi connectivity index (χ1) is 9.29. The van der Waals surface area contributed by atoms with Gasteiger partial charge in [-0.1, -0.05) is 12.1 Å². The quantitative estimate of drug-likeness (QED) is 0.629. The Morgan fingerprint density at radius 1 is 1.21 bits per heavy atom. The molecule has 2 rings (SSSR count). The average molecular weight is 252 g/mol. The van der Waals surface area contributed by atoms with Crippen LogP contribution in [0.4, 0.5) is 0 Å². The largest absolute Gasteiger partial charge is 0.313 e. The number of aryl methyl sites for hydroxylation is 1. The van der Waals surface area contributed by atoms with Crippen LogP contribution in [0.3, 0.4) is 0 Å². The molecule has 0 aliphatic heterocycles. The third-order valence-electron chi connectivity index (χ3n) is 3.15. The molecule has 0 saturated carbocycles. The van der Waals surface area contributed by atoms with E-state index < -0.39 is 0 Å². The van der Waals surface area contributed by atoms with Crippen LogP contribution in [-0.4, -0.2) is 11.5 Å². The Kier molecular flexibility index (Phi) is 4.94. The first-order valence-corrected chi connectivity index (χ1v) is 6.80. The summed E-state index contributed by atoms with van der Waals surface area (Å²) in [7, 11) is 0. The van der Waals surface area contributed by atoms with Gasteiger partial charge in [-0.3, -0.25) is 4.98 Å². The molecule has 0 amide bonds. The lowest BCUT2D eigenvalue weighted by atomic mass is 10.1. The van der Waals surface area contributed by atoms with Crippen LogP contribution in [0.5, 0.6) is 0 Å². The van der Waals surface area contributed by atoms with Crippen LogP contribution in [-0.2, 0) is 6.54 Å². The predicted molar refractivity (Wildman–Crippen MR) is 80.9 cm³/mol. The maximum atomic E-state index is 5.22. The van der Waals surface area contributed by atoms with E-state index in [4.69, 9.17) is 6.42 Å². The van der Waals surface area contributed by atoms with Crippen molar-refractivity contribution < 1.29 is 0 Å². The van der Waals surface area contributed by atoms with Gasteiger partial charge >= 0.3 is 0 Å². The van der Waals surface area contributed by atoms with Gasteiger partial charge in [0.1, 0.15) is 0 Å². The standard InChI is InChI=1S/C17H20N2/c1-3-4-5-6-11-18-13-15-8-10-17-16(12-15)9-7-14(2)19-17/h1,7-10,12,18H,4-6,11,13H2,2H3. The number of pyridine rings is 1. The summed E-state index contributed by atoms with van der Waals surface area (Å²) in [6.45, 7) is 3.94. The van der Waals surface area contributed by atoms with Crippen molar-refractivity contribution in [3.05, 3.63) is 41.6 Å². The Hall–Kier alpha value is -1.85. The predicted octanol–water partition coefficient (Wildman–Crippen LogP) is 3.44. The number of rotatable bonds is 6. The maximum Gasteiger partial charge on any atom is 0.0705 e. The molecule has 1 heterocycles. The van der Waals surface area contributed by atoms with E-state index in [2.05, 4.69) is 46.6 Å². The Labute approximate surface area is 115 Å². The molecule has 0 aliphatic carbocycles. The minimum Gasteiger partial charge on any atom is -0.313 e. The highest BCUT2D eigenvalue weighted by Gasteiger charge is 1.98. The van der Waals surface area contributed by atoms with E-state index in [-0.39, 0.29) is 0 Å². The normalized spacial score (nSPS) is 10.5. The summed E-state index contributed by atoms with van der Waals surface area (Å²) in [4.78, 5) is 4.51. The van der Waals surface area contributed by atoms with Crippen molar-refractivity contribution >= 4 is 10.9 Å². The van der Waals surface area contributed by atoms with Crippen molar-refractivity contribution in [3.8, 4) is 12.3 Å². The number of hydrogen-bond acceptors (Lipinski definition) is 2. The fourth-order valence-electron chi connectivity index (χ4n) is 2.10.